The topological polar surface area (TPSA) is 79.8 Å². The van der Waals surface area contributed by atoms with Gasteiger partial charge in [-0.15, -0.1) is 0 Å². The zero-order chi connectivity index (χ0) is 24.4. The summed E-state index contributed by atoms with van der Waals surface area (Å²) in [5, 5.41) is 3.76. The summed E-state index contributed by atoms with van der Waals surface area (Å²) in [6, 6.07) is 7.16. The molecule has 2 saturated heterocycles. The molecule has 0 aliphatic carbocycles. The number of fused-ring (bicyclic) bond motifs is 1. The zero-order valence-electron chi connectivity index (χ0n) is 20.5. The summed E-state index contributed by atoms with van der Waals surface area (Å²) in [6.07, 6.45) is 5.40. The van der Waals surface area contributed by atoms with E-state index < -0.39 is 0 Å². The largest absolute Gasteiger partial charge is 0.379 e. The number of likely N-dealkylation sites (tertiary alicyclic amines) is 1. The number of halogens is 1. The standard InChI is InChI=1S/C26H34BrN5O3/c1-17-24(28-16-29-25(17)32-9-5-18-3-4-20(27)13-19(18)14-32)26(33)31-10-6-21(7-11-31)30-22-8-12-35-15-23(22)34-2/h3-4,13,16,21-23,30H,5-12,14-15H2,1-2H3. The molecule has 3 aliphatic rings. The van der Waals surface area contributed by atoms with Gasteiger partial charge in [0.1, 0.15) is 17.8 Å². The fourth-order valence-electron chi connectivity index (χ4n) is 5.52. The van der Waals surface area contributed by atoms with Crippen molar-refractivity contribution < 1.29 is 14.3 Å². The molecule has 4 heterocycles. The number of methoxy groups -OCH3 is 1. The third-order valence-corrected chi connectivity index (χ3v) is 8.07. The summed E-state index contributed by atoms with van der Waals surface area (Å²) in [7, 11) is 1.75. The second-order valence-corrected chi connectivity index (χ2v) is 10.6. The van der Waals surface area contributed by atoms with Crippen molar-refractivity contribution in [3.05, 3.63) is 51.4 Å². The fourth-order valence-corrected chi connectivity index (χ4v) is 5.93. The van der Waals surface area contributed by atoms with Gasteiger partial charge in [-0.05, 0) is 55.9 Å². The molecule has 1 amide bonds. The third kappa shape index (κ3) is 5.38. The number of ether oxygens (including phenoxy) is 2. The van der Waals surface area contributed by atoms with E-state index in [4.69, 9.17) is 9.47 Å². The Morgan fingerprint density at radius 1 is 1.17 bits per heavy atom. The van der Waals surface area contributed by atoms with Gasteiger partial charge in [0.2, 0.25) is 0 Å². The van der Waals surface area contributed by atoms with Crippen LogP contribution in [0, 0.1) is 6.92 Å². The molecule has 1 aromatic heterocycles. The Bertz CT molecular complexity index is 1060. The van der Waals surface area contributed by atoms with Crippen LogP contribution in [0.5, 0.6) is 0 Å². The first-order chi connectivity index (χ1) is 17.0. The lowest BCUT2D eigenvalue weighted by atomic mass is 9.99. The first-order valence-corrected chi connectivity index (χ1v) is 13.3. The number of hydrogen-bond acceptors (Lipinski definition) is 7. The number of piperidine rings is 1. The Labute approximate surface area is 215 Å². The van der Waals surface area contributed by atoms with E-state index in [1.165, 1.54) is 17.5 Å². The predicted octanol–water partition coefficient (Wildman–Crippen LogP) is 3.11. The van der Waals surface area contributed by atoms with E-state index in [1.807, 2.05) is 11.8 Å². The number of benzene rings is 1. The van der Waals surface area contributed by atoms with Crippen molar-refractivity contribution in [1.82, 2.24) is 20.2 Å². The molecule has 35 heavy (non-hydrogen) atoms. The number of carbonyl (C=O) groups excluding carboxylic acids is 1. The maximum atomic E-state index is 13.4. The molecule has 3 aliphatic heterocycles. The molecule has 0 spiro atoms. The Balaban J connectivity index is 1.23. The van der Waals surface area contributed by atoms with Crippen LogP contribution in [-0.2, 0) is 22.4 Å². The summed E-state index contributed by atoms with van der Waals surface area (Å²) in [5.41, 5.74) is 4.06. The smallest absolute Gasteiger partial charge is 0.272 e. The quantitative estimate of drug-likeness (QED) is 0.620. The minimum absolute atomic E-state index is 0.00517. The molecular weight excluding hydrogens is 510 g/mol. The van der Waals surface area contributed by atoms with Crippen LogP contribution >= 0.6 is 15.9 Å². The van der Waals surface area contributed by atoms with Gasteiger partial charge in [0.15, 0.2) is 0 Å². The Morgan fingerprint density at radius 3 is 2.80 bits per heavy atom. The van der Waals surface area contributed by atoms with Crippen LogP contribution in [0.15, 0.2) is 29.0 Å². The monoisotopic (exact) mass is 543 g/mol. The lowest BCUT2D eigenvalue weighted by molar-refractivity contribution is -0.0533. The SMILES string of the molecule is COC1COCCC1NC1CCN(C(=O)c2ncnc(N3CCc4ccc(Br)cc4C3)c2C)CC1. The van der Waals surface area contributed by atoms with E-state index in [0.717, 1.165) is 74.3 Å². The second-order valence-electron chi connectivity index (χ2n) is 9.73. The number of nitrogens with zero attached hydrogens (tertiary/aromatic N) is 4. The molecule has 5 rings (SSSR count). The fraction of sp³-hybridized carbons (Fsp3) is 0.577. The Morgan fingerprint density at radius 2 is 2.00 bits per heavy atom. The first kappa shape index (κ1) is 24.6. The van der Waals surface area contributed by atoms with Gasteiger partial charge in [0, 0.05) is 62.0 Å². The zero-order valence-corrected chi connectivity index (χ0v) is 22.1. The van der Waals surface area contributed by atoms with E-state index in [-0.39, 0.29) is 12.0 Å². The molecule has 0 radical (unpaired) electrons. The first-order valence-electron chi connectivity index (χ1n) is 12.5. The van der Waals surface area contributed by atoms with E-state index in [0.29, 0.717) is 24.4 Å². The molecule has 188 valence electrons. The highest BCUT2D eigenvalue weighted by Crippen LogP contribution is 2.29. The van der Waals surface area contributed by atoms with Gasteiger partial charge >= 0.3 is 0 Å². The number of anilines is 1. The van der Waals surface area contributed by atoms with Crippen LogP contribution in [0.1, 0.15) is 46.4 Å². The van der Waals surface area contributed by atoms with Gasteiger partial charge in [0.25, 0.3) is 5.91 Å². The third-order valence-electron chi connectivity index (χ3n) is 7.58. The van der Waals surface area contributed by atoms with Crippen molar-refractivity contribution in [2.75, 3.05) is 44.9 Å². The Hall–Kier alpha value is -2.07. The van der Waals surface area contributed by atoms with Crippen molar-refractivity contribution in [1.29, 1.82) is 0 Å². The van der Waals surface area contributed by atoms with Crippen molar-refractivity contribution in [2.24, 2.45) is 0 Å². The molecule has 2 unspecified atom stereocenters. The normalized spacial score (nSPS) is 23.3. The maximum absolute atomic E-state index is 13.4. The van der Waals surface area contributed by atoms with Crippen molar-refractivity contribution >= 4 is 27.7 Å². The van der Waals surface area contributed by atoms with E-state index in [9.17, 15) is 4.79 Å². The van der Waals surface area contributed by atoms with Gasteiger partial charge in [-0.2, -0.15) is 0 Å². The number of aromatic nitrogens is 2. The Kier molecular flexibility index (Phi) is 7.67. The van der Waals surface area contributed by atoms with Crippen molar-refractivity contribution in [3.8, 4) is 0 Å². The maximum Gasteiger partial charge on any atom is 0.272 e. The highest BCUT2D eigenvalue weighted by Gasteiger charge is 2.31. The van der Waals surface area contributed by atoms with Gasteiger partial charge in [0.05, 0.1) is 12.7 Å². The summed E-state index contributed by atoms with van der Waals surface area (Å²) in [5.74, 6) is 0.862. The van der Waals surface area contributed by atoms with Gasteiger partial charge in [-0.25, -0.2) is 9.97 Å². The molecule has 1 aromatic carbocycles. The molecule has 1 N–H and O–H groups in total. The molecule has 2 aromatic rings. The molecule has 0 saturated carbocycles. The molecule has 0 bridgehead atoms. The minimum atomic E-state index is 0.00517. The molecule has 9 heteroatoms. The van der Waals surface area contributed by atoms with Crippen molar-refractivity contribution in [2.45, 2.75) is 57.3 Å². The molecular formula is C26H34BrN5O3. The lowest BCUT2D eigenvalue weighted by Gasteiger charge is -2.38. The summed E-state index contributed by atoms with van der Waals surface area (Å²) in [6.45, 7) is 6.49. The van der Waals surface area contributed by atoms with Crippen LogP contribution in [0.25, 0.3) is 0 Å². The number of rotatable bonds is 5. The van der Waals surface area contributed by atoms with Gasteiger partial charge in [-0.3, -0.25) is 4.79 Å². The van der Waals surface area contributed by atoms with E-state index in [1.54, 1.807) is 7.11 Å². The summed E-state index contributed by atoms with van der Waals surface area (Å²) in [4.78, 5) is 26.6. The number of amides is 1. The van der Waals surface area contributed by atoms with E-state index in [2.05, 4.69) is 54.3 Å². The minimum Gasteiger partial charge on any atom is -0.379 e. The summed E-state index contributed by atoms with van der Waals surface area (Å²) >= 11 is 3.58. The highest BCUT2D eigenvalue weighted by molar-refractivity contribution is 9.10. The average molecular weight is 544 g/mol. The summed E-state index contributed by atoms with van der Waals surface area (Å²) < 4.78 is 12.2. The second kappa shape index (κ2) is 10.9. The lowest BCUT2D eigenvalue weighted by Crippen LogP contribution is -2.54. The van der Waals surface area contributed by atoms with Crippen LogP contribution < -0.4 is 10.2 Å². The number of carbonyl (C=O) groups is 1. The van der Waals surface area contributed by atoms with Crippen LogP contribution in [0.2, 0.25) is 0 Å². The number of nitrogens with one attached hydrogen (secondary N) is 1. The van der Waals surface area contributed by atoms with Crippen molar-refractivity contribution in [3.63, 3.8) is 0 Å². The van der Waals surface area contributed by atoms with Crippen LogP contribution in [0.4, 0.5) is 5.82 Å². The van der Waals surface area contributed by atoms with Gasteiger partial charge in [-0.1, -0.05) is 22.0 Å². The molecule has 8 nitrogen and oxygen atoms in total. The predicted molar refractivity (Wildman–Crippen MR) is 138 cm³/mol. The van der Waals surface area contributed by atoms with Crippen LogP contribution in [-0.4, -0.2) is 78.9 Å². The van der Waals surface area contributed by atoms with Gasteiger partial charge < -0.3 is 24.6 Å². The molecule has 2 atom stereocenters. The molecule has 2 fully saturated rings. The number of hydrogen-bond donors (Lipinski definition) is 1. The van der Waals surface area contributed by atoms with Crippen LogP contribution in [0.3, 0.4) is 0 Å². The van der Waals surface area contributed by atoms with E-state index >= 15 is 0 Å². The average Bonchev–Trinajstić information content (AvgIpc) is 2.89. The highest BCUT2D eigenvalue weighted by atomic mass is 79.9.